The maximum absolute atomic E-state index is 10.4. The van der Waals surface area contributed by atoms with Gasteiger partial charge in [0.2, 0.25) is 0 Å². The number of fused-ring (bicyclic) bond motifs is 1. The van der Waals surface area contributed by atoms with Crippen LogP contribution in [0, 0.1) is 0 Å². The Morgan fingerprint density at radius 2 is 2.08 bits per heavy atom. The number of nitrogens with two attached hydrogens (primary N) is 2. The zero-order valence-electron chi connectivity index (χ0n) is 14.3. The van der Waals surface area contributed by atoms with Crippen LogP contribution in [0.4, 0.5) is 5.82 Å². The van der Waals surface area contributed by atoms with Crippen LogP contribution in [0.2, 0.25) is 0 Å². The topological polar surface area (TPSA) is 145 Å². The zero-order valence-corrected chi connectivity index (χ0v) is 15.1. The summed E-state index contributed by atoms with van der Waals surface area (Å²) in [6, 6.07) is 0.158. The van der Waals surface area contributed by atoms with Crippen molar-refractivity contribution in [3.63, 3.8) is 0 Å². The van der Waals surface area contributed by atoms with E-state index in [0.717, 1.165) is 12.2 Å². The molecule has 1 saturated heterocycles. The molecule has 0 radical (unpaired) electrons. The summed E-state index contributed by atoms with van der Waals surface area (Å²) in [6.45, 7) is 1.98. The molecule has 2 aromatic rings. The van der Waals surface area contributed by atoms with E-state index < -0.39 is 24.5 Å². The van der Waals surface area contributed by atoms with Crippen LogP contribution >= 0.6 is 0 Å². The third-order valence-electron chi connectivity index (χ3n) is 4.37. The summed E-state index contributed by atoms with van der Waals surface area (Å²) in [5, 5.41) is 20.8. The molecule has 0 aliphatic carbocycles. The minimum atomic E-state index is -1.07. The monoisotopic (exact) mass is 369 g/mol. The van der Waals surface area contributed by atoms with E-state index in [1.165, 1.54) is 12.7 Å². The van der Waals surface area contributed by atoms with E-state index in [1.54, 1.807) is 4.57 Å². The van der Waals surface area contributed by atoms with E-state index in [4.69, 9.17) is 16.2 Å². The Morgan fingerprint density at radius 3 is 2.80 bits per heavy atom. The number of nitrogen functional groups attached to an aromatic ring is 1. The number of aromatic nitrogens is 4. The van der Waals surface area contributed by atoms with E-state index in [1.807, 2.05) is 6.92 Å². The Kier molecular flexibility index (Phi) is 5.44. The molecule has 1 fully saturated rings. The van der Waals surface area contributed by atoms with Crippen LogP contribution in [-0.2, 0) is 15.6 Å². The van der Waals surface area contributed by atoms with Crippen molar-refractivity contribution < 1.29 is 14.9 Å². The lowest BCUT2D eigenvalue weighted by molar-refractivity contribution is -0.0290. The Bertz CT molecular complexity index is 726. The molecule has 6 N–H and O–H groups in total. The van der Waals surface area contributed by atoms with Crippen molar-refractivity contribution in [2.45, 2.75) is 43.9 Å². The highest BCUT2D eigenvalue weighted by atomic mass is 32.2. The highest BCUT2D eigenvalue weighted by molar-refractivity contribution is 7.96. The van der Waals surface area contributed by atoms with Crippen molar-refractivity contribution in [1.29, 1.82) is 0 Å². The van der Waals surface area contributed by atoms with Gasteiger partial charge in [0.25, 0.3) is 0 Å². The molecule has 138 valence electrons. The Morgan fingerprint density at radius 1 is 1.32 bits per heavy atom. The molecular formula is C15H25N6O3S+. The fourth-order valence-corrected chi connectivity index (χ4v) is 4.68. The highest BCUT2D eigenvalue weighted by Crippen LogP contribution is 2.32. The third-order valence-corrected chi connectivity index (χ3v) is 6.20. The molecule has 3 heterocycles. The van der Waals surface area contributed by atoms with Crippen molar-refractivity contribution in [3.8, 4) is 0 Å². The van der Waals surface area contributed by atoms with Crippen molar-refractivity contribution in [2.75, 3.05) is 23.5 Å². The molecule has 6 atom stereocenters. The molecule has 3 rings (SSSR count). The average molecular weight is 369 g/mol. The van der Waals surface area contributed by atoms with Gasteiger partial charge in [-0.1, -0.05) is 0 Å². The van der Waals surface area contributed by atoms with Gasteiger partial charge in [-0.25, -0.2) is 15.0 Å². The van der Waals surface area contributed by atoms with Gasteiger partial charge in [-0.3, -0.25) is 4.57 Å². The predicted molar refractivity (Wildman–Crippen MR) is 96.9 cm³/mol. The average Bonchev–Trinajstić information content (AvgIpc) is 3.10. The van der Waals surface area contributed by atoms with Gasteiger partial charge in [0, 0.05) is 12.5 Å². The number of rotatable bonds is 6. The Balaban J connectivity index is 1.74. The molecule has 10 heteroatoms. The number of hydrogen-bond donors (Lipinski definition) is 4. The van der Waals surface area contributed by atoms with E-state index in [0.29, 0.717) is 16.9 Å². The molecule has 0 aromatic carbocycles. The number of aliphatic hydroxyl groups excluding tert-OH is 2. The molecule has 25 heavy (non-hydrogen) atoms. The summed E-state index contributed by atoms with van der Waals surface area (Å²) < 4.78 is 7.55. The first-order valence-electron chi connectivity index (χ1n) is 8.17. The largest absolute Gasteiger partial charge is 0.387 e. The summed E-state index contributed by atoms with van der Waals surface area (Å²) in [6.07, 6.45) is 2.65. The van der Waals surface area contributed by atoms with Crippen LogP contribution in [0.1, 0.15) is 19.6 Å². The maximum atomic E-state index is 10.4. The molecule has 0 spiro atoms. The first kappa shape index (κ1) is 18.3. The summed E-state index contributed by atoms with van der Waals surface area (Å²) in [5.41, 5.74) is 12.5. The van der Waals surface area contributed by atoms with Gasteiger partial charge < -0.3 is 26.4 Å². The Labute approximate surface area is 148 Å². The van der Waals surface area contributed by atoms with Crippen LogP contribution < -0.4 is 11.5 Å². The number of aliphatic hydroxyl groups is 2. The van der Waals surface area contributed by atoms with Crippen molar-refractivity contribution in [2.24, 2.45) is 5.73 Å². The summed E-state index contributed by atoms with van der Waals surface area (Å²) in [5.74, 6) is 1.91. The Hall–Kier alpha value is -1.46. The SMILES string of the molecule is CC(N)CC[S+](C)C[C@H]1O[C@@H](n2cnc3c(N)ncnc32)[C@H](O)[C@@H]1O. The molecule has 1 aliphatic rings. The summed E-state index contributed by atoms with van der Waals surface area (Å²) in [7, 11) is 0.0448. The van der Waals surface area contributed by atoms with Gasteiger partial charge >= 0.3 is 0 Å². The van der Waals surface area contributed by atoms with Crippen LogP contribution in [0.15, 0.2) is 12.7 Å². The first-order valence-corrected chi connectivity index (χ1v) is 10.1. The van der Waals surface area contributed by atoms with E-state index in [2.05, 4.69) is 21.2 Å². The van der Waals surface area contributed by atoms with Gasteiger partial charge in [0.15, 0.2) is 17.7 Å². The molecule has 9 nitrogen and oxygen atoms in total. The molecular weight excluding hydrogens is 344 g/mol. The van der Waals surface area contributed by atoms with Crippen molar-refractivity contribution in [1.82, 2.24) is 19.5 Å². The smallest absolute Gasteiger partial charge is 0.167 e. The summed E-state index contributed by atoms with van der Waals surface area (Å²) in [4.78, 5) is 12.2. The second kappa shape index (κ2) is 7.42. The minimum Gasteiger partial charge on any atom is -0.387 e. The van der Waals surface area contributed by atoms with E-state index in [-0.39, 0.29) is 22.8 Å². The number of nitrogens with zero attached hydrogens (tertiary/aromatic N) is 4. The van der Waals surface area contributed by atoms with Crippen LogP contribution in [0.25, 0.3) is 11.2 Å². The van der Waals surface area contributed by atoms with Crippen LogP contribution in [0.3, 0.4) is 0 Å². The lowest BCUT2D eigenvalue weighted by atomic mass is 10.1. The molecule has 0 saturated carbocycles. The van der Waals surface area contributed by atoms with Gasteiger partial charge in [-0.2, -0.15) is 0 Å². The first-order chi connectivity index (χ1) is 11.9. The maximum Gasteiger partial charge on any atom is 0.167 e. The van der Waals surface area contributed by atoms with Crippen molar-refractivity contribution >= 4 is 27.9 Å². The van der Waals surface area contributed by atoms with E-state index >= 15 is 0 Å². The van der Waals surface area contributed by atoms with Crippen LogP contribution in [0.5, 0.6) is 0 Å². The lowest BCUT2D eigenvalue weighted by Gasteiger charge is -2.16. The molecule has 0 amide bonds. The lowest BCUT2D eigenvalue weighted by Crippen LogP contribution is -2.36. The highest BCUT2D eigenvalue weighted by Gasteiger charge is 2.46. The number of imidazole rings is 1. The molecule has 2 aromatic heterocycles. The predicted octanol–water partition coefficient (Wildman–Crippen LogP) is -0.987. The number of ether oxygens (including phenoxy) is 1. The fourth-order valence-electron chi connectivity index (χ4n) is 2.90. The van der Waals surface area contributed by atoms with E-state index in [9.17, 15) is 10.2 Å². The minimum absolute atomic E-state index is 0.0448. The standard InChI is InChI=1S/C15H25N6O3S/c1-8(16)3-4-25(2)5-9-11(22)12(23)15(24-9)21-7-20-10-13(17)18-6-19-14(10)21/h6-9,11-12,15,22-23H,3-5,16H2,1-2H3,(H2,17,18,19)/q+1/t8?,9-,11-,12-,15-,25?/m1/s1. The van der Waals surface area contributed by atoms with Gasteiger partial charge in [0.1, 0.15) is 41.7 Å². The molecule has 2 unspecified atom stereocenters. The second-order valence-electron chi connectivity index (χ2n) is 6.55. The molecule has 1 aliphatic heterocycles. The fraction of sp³-hybridized carbons (Fsp3) is 0.667. The second-order valence-corrected chi connectivity index (χ2v) is 8.85. The molecule has 0 bridgehead atoms. The third kappa shape index (κ3) is 3.72. The number of anilines is 1. The van der Waals surface area contributed by atoms with Gasteiger partial charge in [-0.15, -0.1) is 0 Å². The van der Waals surface area contributed by atoms with Gasteiger partial charge in [-0.05, 0) is 17.8 Å². The van der Waals surface area contributed by atoms with Crippen molar-refractivity contribution in [3.05, 3.63) is 12.7 Å². The van der Waals surface area contributed by atoms with Gasteiger partial charge in [0.05, 0.1) is 12.6 Å². The normalized spacial score (nSPS) is 29.2. The summed E-state index contributed by atoms with van der Waals surface area (Å²) >= 11 is 0. The quantitative estimate of drug-likeness (QED) is 0.475. The zero-order chi connectivity index (χ0) is 18.1. The van der Waals surface area contributed by atoms with Crippen LogP contribution in [-0.4, -0.2) is 71.8 Å². The number of hydrogen-bond acceptors (Lipinski definition) is 8.